The molecule has 0 spiro atoms. The van der Waals surface area contributed by atoms with Crippen LogP contribution in [0.2, 0.25) is 5.02 Å². The topological polar surface area (TPSA) is 68.9 Å². The third-order valence-electron chi connectivity index (χ3n) is 3.91. The summed E-state index contributed by atoms with van der Waals surface area (Å²) >= 11 is 7.46. The maximum Gasteiger partial charge on any atom is 0.283 e. The van der Waals surface area contributed by atoms with Gasteiger partial charge in [0.15, 0.2) is 5.84 Å². The number of amidine groups is 2. The summed E-state index contributed by atoms with van der Waals surface area (Å²) in [6.45, 7) is 0. The molecule has 132 valence electrons. The van der Waals surface area contributed by atoms with E-state index in [0.717, 1.165) is 11.1 Å². The minimum absolute atomic E-state index is 0.00253. The van der Waals surface area contributed by atoms with Crippen LogP contribution >= 0.6 is 23.4 Å². The maximum atomic E-state index is 12.4. The first-order valence-corrected chi connectivity index (χ1v) is 9.30. The van der Waals surface area contributed by atoms with Crippen molar-refractivity contribution in [2.45, 2.75) is 0 Å². The van der Waals surface area contributed by atoms with E-state index in [1.807, 2.05) is 54.6 Å². The number of benzene rings is 2. The predicted molar refractivity (Wildman–Crippen MR) is 111 cm³/mol. The lowest BCUT2D eigenvalue weighted by Crippen LogP contribution is -2.35. The van der Waals surface area contributed by atoms with Gasteiger partial charge in [0.2, 0.25) is 5.17 Å². The average Bonchev–Trinajstić information content (AvgIpc) is 3.09. The summed E-state index contributed by atoms with van der Waals surface area (Å²) in [6, 6.07) is 17.0. The molecular formula is C20H13ClN4OS. The van der Waals surface area contributed by atoms with Crippen LogP contribution in [0.4, 0.5) is 0 Å². The van der Waals surface area contributed by atoms with Crippen LogP contribution in [0.3, 0.4) is 0 Å². The second kappa shape index (κ2) is 7.34. The van der Waals surface area contributed by atoms with Gasteiger partial charge in [0.1, 0.15) is 5.04 Å². The molecule has 2 aromatic rings. The Labute approximate surface area is 165 Å². The number of carbonyl (C=O) groups is 1. The summed E-state index contributed by atoms with van der Waals surface area (Å²) in [6.07, 6.45) is 5.19. The molecule has 0 bridgehead atoms. The van der Waals surface area contributed by atoms with Crippen LogP contribution in [0.25, 0.3) is 6.08 Å². The minimum atomic E-state index is -0.452. The second-order valence-corrected chi connectivity index (χ2v) is 7.06. The molecule has 2 aromatic carbocycles. The minimum Gasteiger partial charge on any atom is -0.282 e. The van der Waals surface area contributed by atoms with Crippen molar-refractivity contribution in [1.29, 1.82) is 5.41 Å². The first-order valence-electron chi connectivity index (χ1n) is 8.10. The fourth-order valence-corrected chi connectivity index (χ4v) is 3.79. The standard InChI is InChI=1S/C20H13ClN4OS/c21-16-12-5-4-10-14(16)19-24-25-17(22)15(18(26)23-20(25)27-19)11-6-9-13-7-2-1-3-8-13/h1-12,22H/b9-6-,15-11-,22-17?. The van der Waals surface area contributed by atoms with E-state index in [1.54, 1.807) is 18.2 Å². The van der Waals surface area contributed by atoms with Crippen molar-refractivity contribution in [2.75, 3.05) is 0 Å². The number of amides is 1. The average molecular weight is 393 g/mol. The molecule has 2 aliphatic rings. The quantitative estimate of drug-likeness (QED) is 0.778. The van der Waals surface area contributed by atoms with Gasteiger partial charge in [0, 0.05) is 5.56 Å². The van der Waals surface area contributed by atoms with Crippen LogP contribution in [-0.4, -0.2) is 27.0 Å². The molecule has 1 amide bonds. The van der Waals surface area contributed by atoms with Gasteiger partial charge in [-0.15, -0.1) is 0 Å². The van der Waals surface area contributed by atoms with Crippen LogP contribution < -0.4 is 0 Å². The normalized spacial score (nSPS) is 18.1. The number of nitrogens with one attached hydrogen (secondary N) is 1. The molecule has 0 radical (unpaired) electrons. The monoisotopic (exact) mass is 392 g/mol. The summed E-state index contributed by atoms with van der Waals surface area (Å²) in [4.78, 5) is 16.4. The maximum absolute atomic E-state index is 12.4. The molecule has 0 saturated heterocycles. The molecule has 0 aromatic heterocycles. The molecular weight excluding hydrogens is 380 g/mol. The number of fused-ring (bicyclic) bond motifs is 1. The molecule has 2 heterocycles. The first-order chi connectivity index (χ1) is 13.1. The summed E-state index contributed by atoms with van der Waals surface area (Å²) in [5.74, 6) is -0.454. The molecule has 27 heavy (non-hydrogen) atoms. The Balaban J connectivity index is 1.62. The summed E-state index contributed by atoms with van der Waals surface area (Å²) in [7, 11) is 0. The predicted octanol–water partition coefficient (Wildman–Crippen LogP) is 4.56. The Hall–Kier alpha value is -2.96. The van der Waals surface area contributed by atoms with Gasteiger partial charge >= 0.3 is 0 Å². The SMILES string of the molecule is N=C1/C(=C/C=C\c2ccccc2)C(=O)N=C2SC(c3ccccc3Cl)=NN12. The summed E-state index contributed by atoms with van der Waals surface area (Å²) in [5.41, 5.74) is 1.94. The number of thioether (sulfide) groups is 1. The van der Waals surface area contributed by atoms with Gasteiger partial charge < -0.3 is 0 Å². The Morgan fingerprint density at radius 2 is 1.81 bits per heavy atom. The Morgan fingerprint density at radius 1 is 1.07 bits per heavy atom. The lowest BCUT2D eigenvalue weighted by Gasteiger charge is -2.19. The Morgan fingerprint density at radius 3 is 2.59 bits per heavy atom. The number of rotatable bonds is 3. The van der Waals surface area contributed by atoms with Crippen LogP contribution in [0.5, 0.6) is 0 Å². The van der Waals surface area contributed by atoms with E-state index in [4.69, 9.17) is 17.0 Å². The highest BCUT2D eigenvalue weighted by molar-refractivity contribution is 8.27. The van der Waals surface area contributed by atoms with Crippen LogP contribution in [-0.2, 0) is 4.79 Å². The van der Waals surface area contributed by atoms with E-state index in [2.05, 4.69) is 10.1 Å². The second-order valence-electron chi connectivity index (χ2n) is 5.70. The highest BCUT2D eigenvalue weighted by Crippen LogP contribution is 2.32. The van der Waals surface area contributed by atoms with Gasteiger partial charge in [-0.05, 0) is 29.5 Å². The van der Waals surface area contributed by atoms with E-state index in [0.29, 0.717) is 15.2 Å². The van der Waals surface area contributed by atoms with Gasteiger partial charge in [-0.25, -0.2) is 0 Å². The summed E-state index contributed by atoms with van der Waals surface area (Å²) < 4.78 is 0. The number of hydrogen-bond donors (Lipinski definition) is 1. The van der Waals surface area contributed by atoms with Crippen molar-refractivity contribution in [2.24, 2.45) is 10.1 Å². The van der Waals surface area contributed by atoms with Gasteiger partial charge in [-0.1, -0.05) is 72.3 Å². The van der Waals surface area contributed by atoms with E-state index >= 15 is 0 Å². The number of hydrazone groups is 1. The molecule has 0 unspecified atom stereocenters. The third kappa shape index (κ3) is 3.49. The molecule has 4 rings (SSSR count). The number of carbonyl (C=O) groups excluding carboxylic acids is 1. The number of aliphatic imine (C=N–C) groups is 1. The number of nitrogens with zero attached hydrogens (tertiary/aromatic N) is 3. The molecule has 7 heteroatoms. The van der Waals surface area contributed by atoms with Crippen molar-refractivity contribution in [3.8, 4) is 0 Å². The van der Waals surface area contributed by atoms with Crippen molar-refractivity contribution in [3.63, 3.8) is 0 Å². The number of hydrogen-bond acceptors (Lipinski definition) is 4. The van der Waals surface area contributed by atoms with Gasteiger partial charge in [0.25, 0.3) is 5.91 Å². The van der Waals surface area contributed by atoms with E-state index in [9.17, 15) is 4.79 Å². The first kappa shape index (κ1) is 17.5. The lowest BCUT2D eigenvalue weighted by molar-refractivity contribution is -0.114. The molecule has 0 saturated carbocycles. The zero-order chi connectivity index (χ0) is 18.8. The zero-order valence-electron chi connectivity index (χ0n) is 14.0. The Kier molecular flexibility index (Phi) is 4.75. The van der Waals surface area contributed by atoms with Crippen LogP contribution in [0.15, 0.2) is 82.4 Å². The fraction of sp³-hybridized carbons (Fsp3) is 0. The molecule has 1 N–H and O–H groups in total. The smallest absolute Gasteiger partial charge is 0.282 e. The highest BCUT2D eigenvalue weighted by atomic mass is 35.5. The molecule has 0 fully saturated rings. The van der Waals surface area contributed by atoms with Crippen molar-refractivity contribution in [3.05, 3.63) is 88.5 Å². The fourth-order valence-electron chi connectivity index (χ4n) is 2.58. The van der Waals surface area contributed by atoms with E-state index in [1.165, 1.54) is 16.8 Å². The third-order valence-corrected chi connectivity index (χ3v) is 5.18. The zero-order valence-corrected chi connectivity index (χ0v) is 15.5. The molecule has 5 nitrogen and oxygen atoms in total. The summed E-state index contributed by atoms with van der Waals surface area (Å²) in [5, 5.41) is 15.7. The lowest BCUT2D eigenvalue weighted by atomic mass is 10.1. The van der Waals surface area contributed by atoms with Gasteiger partial charge in [0.05, 0.1) is 10.6 Å². The van der Waals surface area contributed by atoms with Crippen molar-refractivity contribution >= 4 is 51.4 Å². The molecule has 0 atom stereocenters. The van der Waals surface area contributed by atoms with E-state index < -0.39 is 5.91 Å². The van der Waals surface area contributed by atoms with Crippen LogP contribution in [0, 0.1) is 5.41 Å². The van der Waals surface area contributed by atoms with Gasteiger partial charge in [-0.2, -0.15) is 15.1 Å². The highest BCUT2D eigenvalue weighted by Gasteiger charge is 2.36. The largest absolute Gasteiger partial charge is 0.283 e. The van der Waals surface area contributed by atoms with Crippen LogP contribution in [0.1, 0.15) is 11.1 Å². The Bertz CT molecular complexity index is 1060. The van der Waals surface area contributed by atoms with E-state index in [-0.39, 0.29) is 11.4 Å². The van der Waals surface area contributed by atoms with Crippen molar-refractivity contribution in [1.82, 2.24) is 5.01 Å². The van der Waals surface area contributed by atoms with Crippen molar-refractivity contribution < 1.29 is 4.79 Å². The molecule has 2 aliphatic heterocycles. The number of halogens is 1. The molecule has 0 aliphatic carbocycles. The number of allylic oxidation sites excluding steroid dienone is 2. The van der Waals surface area contributed by atoms with Gasteiger partial charge in [-0.3, -0.25) is 10.2 Å².